The lowest BCUT2D eigenvalue weighted by atomic mass is 10.1. The Balaban J connectivity index is 2.10. The summed E-state index contributed by atoms with van der Waals surface area (Å²) in [5, 5.41) is 3.39. The van der Waals surface area contributed by atoms with Crippen molar-refractivity contribution in [2.24, 2.45) is 0 Å². The first-order valence-corrected chi connectivity index (χ1v) is 7.52. The highest BCUT2D eigenvalue weighted by Gasteiger charge is 2.07. The molecule has 0 aliphatic carbocycles. The van der Waals surface area contributed by atoms with Gasteiger partial charge in [0.05, 0.1) is 0 Å². The minimum Gasteiger partial charge on any atom is -0.366 e. The van der Waals surface area contributed by atoms with Gasteiger partial charge in [0, 0.05) is 25.7 Å². The maximum atomic E-state index is 4.52. The summed E-state index contributed by atoms with van der Waals surface area (Å²) in [6.07, 6.45) is 0. The van der Waals surface area contributed by atoms with Crippen molar-refractivity contribution in [2.45, 2.75) is 34.2 Å². The van der Waals surface area contributed by atoms with Crippen LogP contribution in [0.2, 0.25) is 0 Å². The van der Waals surface area contributed by atoms with E-state index < -0.39 is 0 Å². The summed E-state index contributed by atoms with van der Waals surface area (Å²) in [5.74, 6) is 2.66. The van der Waals surface area contributed by atoms with E-state index in [4.69, 9.17) is 0 Å². The number of nitrogens with zero attached hydrogens (tertiary/aromatic N) is 3. The van der Waals surface area contributed by atoms with Gasteiger partial charge in [-0.3, -0.25) is 0 Å². The van der Waals surface area contributed by atoms with Gasteiger partial charge in [0.25, 0.3) is 0 Å². The van der Waals surface area contributed by atoms with Gasteiger partial charge in [-0.1, -0.05) is 29.8 Å². The zero-order chi connectivity index (χ0) is 15.2. The maximum absolute atomic E-state index is 4.52. The maximum Gasteiger partial charge on any atom is 0.134 e. The van der Waals surface area contributed by atoms with Gasteiger partial charge in [-0.05, 0) is 33.3 Å². The molecule has 1 aromatic heterocycles. The van der Waals surface area contributed by atoms with Crippen LogP contribution in [0.1, 0.15) is 30.8 Å². The molecule has 0 radical (unpaired) electrons. The topological polar surface area (TPSA) is 41.0 Å². The van der Waals surface area contributed by atoms with Crippen molar-refractivity contribution < 1.29 is 0 Å². The molecule has 0 fully saturated rings. The van der Waals surface area contributed by atoms with Gasteiger partial charge in [0.1, 0.15) is 17.5 Å². The fraction of sp³-hybridized carbons (Fsp3) is 0.412. The summed E-state index contributed by atoms with van der Waals surface area (Å²) in [6.45, 7) is 11.0. The SMILES string of the molecule is CCN(CC)c1cc(NCc2ccc(C)cc2)nc(C)n1. The van der Waals surface area contributed by atoms with Crippen LogP contribution in [0.25, 0.3) is 0 Å². The van der Waals surface area contributed by atoms with Crippen molar-refractivity contribution in [3.05, 3.63) is 47.3 Å². The van der Waals surface area contributed by atoms with E-state index in [-0.39, 0.29) is 0 Å². The highest BCUT2D eigenvalue weighted by atomic mass is 15.2. The zero-order valence-corrected chi connectivity index (χ0v) is 13.3. The predicted octanol–water partition coefficient (Wildman–Crippen LogP) is 3.55. The molecule has 1 aromatic carbocycles. The number of aryl methyl sites for hydroxylation is 2. The molecule has 0 aliphatic heterocycles. The number of rotatable bonds is 6. The van der Waals surface area contributed by atoms with E-state index in [0.29, 0.717) is 0 Å². The first-order valence-electron chi connectivity index (χ1n) is 7.52. The first kappa shape index (κ1) is 15.3. The molecule has 0 amide bonds. The first-order chi connectivity index (χ1) is 10.1. The standard InChI is InChI=1S/C17H24N4/c1-5-21(6-2)17-11-16(19-14(4)20-17)18-12-15-9-7-13(3)8-10-15/h7-11H,5-6,12H2,1-4H3,(H,18,19,20). The van der Waals surface area contributed by atoms with Crippen LogP contribution in [0.15, 0.2) is 30.3 Å². The molecular formula is C17H24N4. The Hall–Kier alpha value is -2.10. The molecule has 112 valence electrons. The van der Waals surface area contributed by atoms with Crippen LogP contribution in [0.5, 0.6) is 0 Å². The van der Waals surface area contributed by atoms with Crippen LogP contribution in [0.3, 0.4) is 0 Å². The summed E-state index contributed by atoms with van der Waals surface area (Å²) >= 11 is 0. The van der Waals surface area contributed by atoms with E-state index >= 15 is 0 Å². The van der Waals surface area contributed by atoms with Gasteiger partial charge >= 0.3 is 0 Å². The molecular weight excluding hydrogens is 260 g/mol. The number of benzene rings is 1. The van der Waals surface area contributed by atoms with Gasteiger partial charge < -0.3 is 10.2 Å². The second kappa shape index (κ2) is 7.07. The number of hydrogen-bond donors (Lipinski definition) is 1. The van der Waals surface area contributed by atoms with Gasteiger partial charge in [-0.25, -0.2) is 9.97 Å². The molecule has 0 bridgehead atoms. The molecule has 21 heavy (non-hydrogen) atoms. The van der Waals surface area contributed by atoms with Crippen LogP contribution < -0.4 is 10.2 Å². The van der Waals surface area contributed by atoms with Crippen molar-refractivity contribution >= 4 is 11.6 Å². The van der Waals surface area contributed by atoms with E-state index in [1.54, 1.807) is 0 Å². The monoisotopic (exact) mass is 284 g/mol. The fourth-order valence-electron chi connectivity index (χ4n) is 2.25. The lowest BCUT2D eigenvalue weighted by Gasteiger charge is -2.20. The van der Waals surface area contributed by atoms with Gasteiger partial charge in [-0.2, -0.15) is 0 Å². The largest absolute Gasteiger partial charge is 0.366 e. The Morgan fingerprint density at radius 1 is 1.00 bits per heavy atom. The average molecular weight is 284 g/mol. The van der Waals surface area contributed by atoms with Crippen LogP contribution >= 0.6 is 0 Å². The van der Waals surface area contributed by atoms with Gasteiger partial charge in [0.15, 0.2) is 0 Å². The van der Waals surface area contributed by atoms with Gasteiger partial charge in [0.2, 0.25) is 0 Å². The second-order valence-corrected chi connectivity index (χ2v) is 5.17. The number of nitrogens with one attached hydrogen (secondary N) is 1. The average Bonchev–Trinajstić information content (AvgIpc) is 2.47. The minimum absolute atomic E-state index is 0.772. The van der Waals surface area contributed by atoms with Crippen molar-refractivity contribution in [3.63, 3.8) is 0 Å². The van der Waals surface area contributed by atoms with E-state index in [1.165, 1.54) is 11.1 Å². The normalized spacial score (nSPS) is 10.5. The van der Waals surface area contributed by atoms with E-state index in [9.17, 15) is 0 Å². The third-order valence-electron chi connectivity index (χ3n) is 3.51. The molecule has 0 atom stereocenters. The lowest BCUT2D eigenvalue weighted by molar-refractivity contribution is 0.834. The van der Waals surface area contributed by atoms with Crippen LogP contribution in [-0.2, 0) is 6.54 Å². The van der Waals surface area contributed by atoms with Crippen molar-refractivity contribution in [2.75, 3.05) is 23.3 Å². The smallest absolute Gasteiger partial charge is 0.134 e. The summed E-state index contributed by atoms with van der Waals surface area (Å²) < 4.78 is 0. The van der Waals surface area contributed by atoms with Gasteiger partial charge in [-0.15, -0.1) is 0 Å². The fourth-order valence-corrected chi connectivity index (χ4v) is 2.25. The number of hydrogen-bond acceptors (Lipinski definition) is 4. The van der Waals surface area contributed by atoms with E-state index in [0.717, 1.165) is 37.1 Å². The Morgan fingerprint density at radius 3 is 2.29 bits per heavy atom. The van der Waals surface area contributed by atoms with Crippen molar-refractivity contribution in [3.8, 4) is 0 Å². The zero-order valence-electron chi connectivity index (χ0n) is 13.3. The molecule has 0 aliphatic rings. The molecule has 1 heterocycles. The van der Waals surface area contributed by atoms with Crippen molar-refractivity contribution in [1.29, 1.82) is 0 Å². The van der Waals surface area contributed by atoms with Crippen LogP contribution in [0.4, 0.5) is 11.6 Å². The number of aromatic nitrogens is 2. The summed E-state index contributed by atoms with van der Waals surface area (Å²) in [7, 11) is 0. The lowest BCUT2D eigenvalue weighted by Crippen LogP contribution is -2.23. The Bertz CT molecular complexity index is 574. The van der Waals surface area contributed by atoms with Crippen molar-refractivity contribution in [1.82, 2.24) is 9.97 Å². The molecule has 0 spiro atoms. The third kappa shape index (κ3) is 4.18. The molecule has 0 unspecified atom stereocenters. The highest BCUT2D eigenvalue weighted by Crippen LogP contribution is 2.16. The summed E-state index contributed by atoms with van der Waals surface area (Å²) in [6, 6.07) is 10.6. The van der Waals surface area contributed by atoms with E-state index in [1.807, 2.05) is 13.0 Å². The Morgan fingerprint density at radius 2 is 1.67 bits per heavy atom. The number of anilines is 2. The van der Waals surface area contributed by atoms with Crippen LogP contribution in [0, 0.1) is 13.8 Å². The molecule has 4 heteroatoms. The molecule has 0 saturated carbocycles. The highest BCUT2D eigenvalue weighted by molar-refractivity contribution is 5.49. The molecule has 4 nitrogen and oxygen atoms in total. The summed E-state index contributed by atoms with van der Waals surface area (Å²) in [5.41, 5.74) is 2.53. The van der Waals surface area contributed by atoms with Crippen LogP contribution in [-0.4, -0.2) is 23.1 Å². The molecule has 0 saturated heterocycles. The summed E-state index contributed by atoms with van der Waals surface area (Å²) in [4.78, 5) is 11.2. The third-order valence-corrected chi connectivity index (χ3v) is 3.51. The van der Waals surface area contributed by atoms with E-state index in [2.05, 4.69) is 65.2 Å². The second-order valence-electron chi connectivity index (χ2n) is 5.17. The Kier molecular flexibility index (Phi) is 5.14. The molecule has 2 rings (SSSR count). The quantitative estimate of drug-likeness (QED) is 0.880. The Labute approximate surface area is 127 Å². The minimum atomic E-state index is 0.772. The predicted molar refractivity (Wildman–Crippen MR) is 88.8 cm³/mol. The molecule has 2 aromatic rings. The molecule has 1 N–H and O–H groups in total.